The van der Waals surface area contributed by atoms with Gasteiger partial charge in [-0.2, -0.15) is 11.3 Å². The van der Waals surface area contributed by atoms with Gasteiger partial charge in [0.1, 0.15) is 5.54 Å². The lowest BCUT2D eigenvalue weighted by Gasteiger charge is -2.54. The molecule has 0 bridgehead atoms. The highest BCUT2D eigenvalue weighted by molar-refractivity contribution is 7.08. The largest absolute Gasteiger partial charge is 0.376 e. The molecule has 0 atom stereocenters. The Morgan fingerprint density at radius 2 is 1.84 bits per heavy atom. The Bertz CT molecular complexity index is 778. The predicted octanol–water partition coefficient (Wildman–Crippen LogP) is 2.55. The standard InChI is InChI=1S/C19H20N2O3S/c1-24-19(8-9-19)18(20-16(22)14-5-3-2-4-6-14)12-21(13-18)17(23)15-7-10-25-11-15/h2-7,10-11H,8-9,12-13H2,1H3,(H,20,22). The topological polar surface area (TPSA) is 58.6 Å². The van der Waals surface area contributed by atoms with Gasteiger partial charge in [-0.1, -0.05) is 18.2 Å². The first-order valence-corrected chi connectivity index (χ1v) is 9.28. The summed E-state index contributed by atoms with van der Waals surface area (Å²) in [6.45, 7) is 0.961. The smallest absolute Gasteiger partial charge is 0.254 e. The van der Waals surface area contributed by atoms with Gasteiger partial charge in [0.15, 0.2) is 0 Å². The zero-order valence-corrected chi connectivity index (χ0v) is 14.8. The van der Waals surface area contributed by atoms with Gasteiger partial charge in [0.25, 0.3) is 11.8 Å². The van der Waals surface area contributed by atoms with Gasteiger partial charge in [0, 0.05) is 31.1 Å². The van der Waals surface area contributed by atoms with Gasteiger partial charge in [-0.15, -0.1) is 0 Å². The maximum absolute atomic E-state index is 12.7. The van der Waals surface area contributed by atoms with Crippen LogP contribution in [-0.4, -0.2) is 48.1 Å². The SMILES string of the molecule is COC1(C2(NC(=O)c3ccccc3)CN(C(=O)c3ccsc3)C2)CC1. The van der Waals surface area contributed by atoms with Gasteiger partial charge >= 0.3 is 0 Å². The Kier molecular flexibility index (Phi) is 3.89. The summed E-state index contributed by atoms with van der Waals surface area (Å²) < 4.78 is 5.76. The lowest BCUT2D eigenvalue weighted by molar-refractivity contribution is -0.0708. The van der Waals surface area contributed by atoms with Crippen LogP contribution >= 0.6 is 11.3 Å². The minimum Gasteiger partial charge on any atom is -0.376 e. The highest BCUT2D eigenvalue weighted by Crippen LogP contribution is 2.52. The second-order valence-corrected chi connectivity index (χ2v) is 7.55. The van der Waals surface area contributed by atoms with Crippen LogP contribution in [-0.2, 0) is 4.74 Å². The first kappa shape index (κ1) is 16.3. The van der Waals surface area contributed by atoms with Crippen LogP contribution in [0, 0.1) is 0 Å². The molecule has 2 aliphatic rings. The molecule has 1 aliphatic carbocycles. The molecule has 1 aliphatic heterocycles. The minimum atomic E-state index is -0.514. The molecule has 1 saturated carbocycles. The molecule has 1 aromatic heterocycles. The molecule has 0 radical (unpaired) electrons. The maximum Gasteiger partial charge on any atom is 0.254 e. The molecule has 0 unspecified atom stereocenters. The van der Waals surface area contributed by atoms with Crippen molar-refractivity contribution in [3.05, 3.63) is 58.3 Å². The highest BCUT2D eigenvalue weighted by Gasteiger charge is 2.66. The van der Waals surface area contributed by atoms with E-state index in [-0.39, 0.29) is 17.4 Å². The fourth-order valence-electron chi connectivity index (χ4n) is 3.67. The summed E-state index contributed by atoms with van der Waals surface area (Å²) in [7, 11) is 1.69. The molecule has 2 amide bonds. The molecule has 2 heterocycles. The van der Waals surface area contributed by atoms with Crippen molar-refractivity contribution in [2.24, 2.45) is 0 Å². The monoisotopic (exact) mass is 356 g/mol. The molecular formula is C19H20N2O3S. The molecule has 25 heavy (non-hydrogen) atoms. The lowest BCUT2D eigenvalue weighted by atomic mass is 9.80. The molecule has 2 aromatic rings. The van der Waals surface area contributed by atoms with E-state index < -0.39 is 5.54 Å². The van der Waals surface area contributed by atoms with E-state index in [4.69, 9.17) is 4.74 Å². The molecule has 1 saturated heterocycles. The number of hydrogen-bond acceptors (Lipinski definition) is 4. The van der Waals surface area contributed by atoms with Crippen LogP contribution in [0.4, 0.5) is 0 Å². The van der Waals surface area contributed by atoms with Crippen molar-refractivity contribution < 1.29 is 14.3 Å². The number of ether oxygens (including phenoxy) is 1. The van der Waals surface area contributed by atoms with Crippen LogP contribution in [0.3, 0.4) is 0 Å². The third-order valence-corrected chi connectivity index (χ3v) is 6.02. The molecule has 6 heteroatoms. The average molecular weight is 356 g/mol. The van der Waals surface area contributed by atoms with E-state index in [1.165, 1.54) is 11.3 Å². The third kappa shape index (κ3) is 2.65. The Morgan fingerprint density at radius 1 is 1.12 bits per heavy atom. The first-order chi connectivity index (χ1) is 12.1. The van der Waals surface area contributed by atoms with Crippen molar-refractivity contribution in [3.8, 4) is 0 Å². The number of carbonyl (C=O) groups is 2. The molecular weight excluding hydrogens is 336 g/mol. The summed E-state index contributed by atoms with van der Waals surface area (Å²) >= 11 is 1.51. The summed E-state index contributed by atoms with van der Waals surface area (Å²) in [4.78, 5) is 27.0. The summed E-state index contributed by atoms with van der Waals surface area (Å²) in [5.41, 5.74) is 0.454. The Hall–Kier alpha value is -2.18. The number of nitrogens with zero attached hydrogens (tertiary/aromatic N) is 1. The fourth-order valence-corrected chi connectivity index (χ4v) is 4.30. The van der Waals surface area contributed by atoms with Gasteiger partial charge in [-0.05, 0) is 36.4 Å². The number of amides is 2. The summed E-state index contributed by atoms with van der Waals surface area (Å²) in [5.74, 6) is -0.107. The van der Waals surface area contributed by atoms with Crippen LogP contribution in [0.15, 0.2) is 47.2 Å². The minimum absolute atomic E-state index is 0.0118. The van der Waals surface area contributed by atoms with Crippen molar-refractivity contribution >= 4 is 23.2 Å². The van der Waals surface area contributed by atoms with E-state index in [1.807, 2.05) is 35.0 Å². The predicted molar refractivity (Wildman–Crippen MR) is 95.8 cm³/mol. The van der Waals surface area contributed by atoms with E-state index in [9.17, 15) is 9.59 Å². The van der Waals surface area contributed by atoms with Crippen LogP contribution in [0.5, 0.6) is 0 Å². The van der Waals surface area contributed by atoms with Crippen LogP contribution in [0.1, 0.15) is 33.6 Å². The molecule has 1 N–H and O–H groups in total. The lowest BCUT2D eigenvalue weighted by Crippen LogP contribution is -2.77. The number of carbonyl (C=O) groups excluding carboxylic acids is 2. The van der Waals surface area contributed by atoms with Gasteiger partial charge in [-0.25, -0.2) is 0 Å². The number of likely N-dealkylation sites (tertiary alicyclic amines) is 1. The second kappa shape index (κ2) is 5.97. The number of thiophene rings is 1. The fraction of sp³-hybridized carbons (Fsp3) is 0.368. The zero-order chi connectivity index (χ0) is 17.5. The summed E-state index contributed by atoms with van der Waals surface area (Å²) in [6.07, 6.45) is 1.80. The Balaban J connectivity index is 1.53. The maximum atomic E-state index is 12.7. The van der Waals surface area contributed by atoms with Gasteiger partial charge in [-0.3, -0.25) is 9.59 Å². The van der Waals surface area contributed by atoms with Gasteiger partial charge in [0.2, 0.25) is 0 Å². The highest BCUT2D eigenvalue weighted by atomic mass is 32.1. The molecule has 1 aromatic carbocycles. The van der Waals surface area contributed by atoms with Crippen molar-refractivity contribution in [3.63, 3.8) is 0 Å². The summed E-state index contributed by atoms with van der Waals surface area (Å²) in [5, 5.41) is 6.93. The quantitative estimate of drug-likeness (QED) is 0.896. The Morgan fingerprint density at radius 3 is 2.40 bits per heavy atom. The van der Waals surface area contributed by atoms with Crippen molar-refractivity contribution in [2.75, 3.05) is 20.2 Å². The van der Waals surface area contributed by atoms with E-state index in [1.54, 1.807) is 24.1 Å². The molecule has 4 rings (SSSR count). The number of nitrogens with one attached hydrogen (secondary N) is 1. The van der Waals surface area contributed by atoms with Gasteiger partial charge in [0.05, 0.1) is 11.2 Å². The van der Waals surface area contributed by atoms with Crippen molar-refractivity contribution in [1.29, 1.82) is 0 Å². The normalized spacial score (nSPS) is 19.8. The van der Waals surface area contributed by atoms with E-state index >= 15 is 0 Å². The third-order valence-electron chi connectivity index (χ3n) is 5.33. The van der Waals surface area contributed by atoms with E-state index in [2.05, 4.69) is 5.32 Å². The van der Waals surface area contributed by atoms with Crippen LogP contribution in [0.2, 0.25) is 0 Å². The Labute approximate surface area is 150 Å². The molecule has 0 spiro atoms. The second-order valence-electron chi connectivity index (χ2n) is 6.77. The average Bonchev–Trinajstić information content (AvgIpc) is 3.22. The van der Waals surface area contributed by atoms with Crippen LogP contribution < -0.4 is 5.32 Å². The summed E-state index contributed by atoms with van der Waals surface area (Å²) in [6, 6.07) is 11.0. The number of hydrogen-bond donors (Lipinski definition) is 1. The van der Waals surface area contributed by atoms with Gasteiger partial charge < -0.3 is 15.0 Å². The molecule has 2 fully saturated rings. The molecule has 5 nitrogen and oxygen atoms in total. The number of benzene rings is 1. The van der Waals surface area contributed by atoms with Crippen molar-refractivity contribution in [1.82, 2.24) is 10.2 Å². The first-order valence-electron chi connectivity index (χ1n) is 8.33. The zero-order valence-electron chi connectivity index (χ0n) is 14.0. The van der Waals surface area contributed by atoms with Crippen molar-refractivity contribution in [2.45, 2.75) is 24.0 Å². The number of methoxy groups -OCH3 is 1. The molecule has 130 valence electrons. The van der Waals surface area contributed by atoms with E-state index in [0.29, 0.717) is 24.2 Å². The van der Waals surface area contributed by atoms with E-state index in [0.717, 1.165) is 12.8 Å². The number of rotatable bonds is 5. The van der Waals surface area contributed by atoms with Crippen LogP contribution in [0.25, 0.3) is 0 Å².